The molecule has 0 aliphatic heterocycles. The van der Waals surface area contributed by atoms with E-state index in [1.165, 1.54) is 0 Å². The van der Waals surface area contributed by atoms with E-state index >= 15 is 0 Å². The minimum absolute atomic E-state index is 0.0203. The van der Waals surface area contributed by atoms with E-state index in [1.807, 2.05) is 36.4 Å². The van der Waals surface area contributed by atoms with Gasteiger partial charge in [-0.2, -0.15) is 4.79 Å². The topological polar surface area (TPSA) is 95.0 Å². The maximum absolute atomic E-state index is 13.2. The first-order chi connectivity index (χ1) is 16.3. The lowest BCUT2D eigenvalue weighted by Crippen LogP contribution is -2.57. The molecule has 3 rings (SSSR count). The van der Waals surface area contributed by atoms with Crippen molar-refractivity contribution in [2.24, 2.45) is 5.92 Å². The number of esters is 1. The minimum Gasteiger partial charge on any atom is -0.451 e. The van der Waals surface area contributed by atoms with Crippen LogP contribution in [0, 0.1) is 5.92 Å². The van der Waals surface area contributed by atoms with Gasteiger partial charge in [-0.3, -0.25) is 10.2 Å². The molecular formula is C27H34N4O3. The van der Waals surface area contributed by atoms with Crippen molar-refractivity contribution in [3.8, 4) is 0 Å². The van der Waals surface area contributed by atoms with Crippen LogP contribution in [0.15, 0.2) is 60.7 Å². The highest BCUT2D eigenvalue weighted by atomic mass is 16.6. The number of nitrogens with one attached hydrogen (secondary N) is 1. The fraction of sp³-hybridized carbons (Fsp3) is 0.444. The van der Waals surface area contributed by atoms with Crippen molar-refractivity contribution in [1.29, 1.82) is 0 Å². The number of nitrogens with zero attached hydrogens (tertiary/aromatic N) is 3. The standard InChI is InChI=1S/C27H34N4O3/c1-27(2,3)34-26(33)23(29-28)24(21-15-9-5-10-16-21)31(19-20-13-7-4-8-14-20)30-25(32)22-17-11-6-12-18-22/h4,6-8,11-14,17-18,21,24H,5,9-10,15-16,19H2,1-3H3,(H,30,32). The summed E-state index contributed by atoms with van der Waals surface area (Å²) in [6.45, 7) is 5.65. The first kappa shape index (κ1) is 25.3. The Balaban J connectivity index is 2.01. The van der Waals surface area contributed by atoms with Crippen molar-refractivity contribution < 1.29 is 19.1 Å². The fourth-order valence-corrected chi connectivity index (χ4v) is 4.40. The second kappa shape index (κ2) is 11.7. The average molecular weight is 463 g/mol. The molecule has 1 aliphatic rings. The molecule has 2 aromatic rings. The van der Waals surface area contributed by atoms with Gasteiger partial charge in [-0.15, -0.1) is 0 Å². The Kier molecular flexibility index (Phi) is 8.74. The molecule has 180 valence electrons. The molecule has 0 heterocycles. The van der Waals surface area contributed by atoms with Gasteiger partial charge in [-0.25, -0.2) is 9.80 Å². The Morgan fingerprint density at radius 3 is 2.18 bits per heavy atom. The van der Waals surface area contributed by atoms with Crippen LogP contribution >= 0.6 is 0 Å². The number of hydrazine groups is 1. The summed E-state index contributed by atoms with van der Waals surface area (Å²) in [7, 11) is 0. The summed E-state index contributed by atoms with van der Waals surface area (Å²) in [5.74, 6) is -0.955. The normalized spacial score (nSPS) is 15.3. The van der Waals surface area contributed by atoms with E-state index in [0.29, 0.717) is 12.1 Å². The smallest absolute Gasteiger partial charge is 0.419 e. The van der Waals surface area contributed by atoms with Gasteiger partial charge in [-0.05, 0) is 57.2 Å². The van der Waals surface area contributed by atoms with Gasteiger partial charge >= 0.3 is 11.7 Å². The van der Waals surface area contributed by atoms with Crippen LogP contribution in [0.3, 0.4) is 0 Å². The van der Waals surface area contributed by atoms with Crippen molar-refractivity contribution in [2.45, 2.75) is 71.1 Å². The molecule has 1 unspecified atom stereocenters. The summed E-state index contributed by atoms with van der Waals surface area (Å²) >= 11 is 0. The number of amides is 1. The van der Waals surface area contributed by atoms with Crippen LogP contribution in [0.4, 0.5) is 0 Å². The van der Waals surface area contributed by atoms with Gasteiger partial charge in [0.05, 0.1) is 0 Å². The van der Waals surface area contributed by atoms with Gasteiger partial charge in [0.1, 0.15) is 11.6 Å². The molecule has 1 amide bonds. The molecule has 0 saturated heterocycles. The molecule has 1 atom stereocenters. The van der Waals surface area contributed by atoms with E-state index in [2.05, 4.69) is 10.2 Å². The molecule has 1 saturated carbocycles. The summed E-state index contributed by atoms with van der Waals surface area (Å²) in [4.78, 5) is 29.7. The summed E-state index contributed by atoms with van der Waals surface area (Å²) < 4.78 is 5.58. The number of benzene rings is 2. The SMILES string of the molecule is CC(C)(C)OC(=O)C(=[N+]=[N-])C(C1CCCCC1)N(Cc1ccccc1)NC(=O)c1ccccc1. The molecule has 0 spiro atoms. The number of carbonyl (C=O) groups excluding carboxylic acids is 2. The largest absolute Gasteiger partial charge is 0.451 e. The summed E-state index contributed by atoms with van der Waals surface area (Å²) in [6, 6.07) is 18.0. The minimum atomic E-state index is -0.748. The lowest BCUT2D eigenvalue weighted by molar-refractivity contribution is -0.152. The van der Waals surface area contributed by atoms with Crippen molar-refractivity contribution >= 4 is 17.6 Å². The highest BCUT2D eigenvalue weighted by molar-refractivity contribution is 6.36. The van der Waals surface area contributed by atoms with Crippen LogP contribution in [-0.2, 0) is 16.1 Å². The zero-order valence-electron chi connectivity index (χ0n) is 20.2. The van der Waals surface area contributed by atoms with Gasteiger partial charge in [0.2, 0.25) is 0 Å². The number of ether oxygens (including phenoxy) is 1. The number of hydrogen-bond donors (Lipinski definition) is 1. The first-order valence-corrected chi connectivity index (χ1v) is 11.9. The molecule has 0 aromatic heterocycles. The Morgan fingerprint density at radius 2 is 1.62 bits per heavy atom. The molecule has 0 bridgehead atoms. The van der Waals surface area contributed by atoms with Crippen LogP contribution < -0.4 is 5.43 Å². The van der Waals surface area contributed by atoms with Crippen LogP contribution in [0.5, 0.6) is 0 Å². The molecule has 34 heavy (non-hydrogen) atoms. The highest BCUT2D eigenvalue weighted by Crippen LogP contribution is 2.30. The monoisotopic (exact) mass is 462 g/mol. The molecular weight excluding hydrogens is 428 g/mol. The third kappa shape index (κ3) is 7.11. The Hall–Kier alpha value is -3.28. The van der Waals surface area contributed by atoms with Crippen LogP contribution in [0.25, 0.3) is 5.53 Å². The summed E-state index contributed by atoms with van der Waals surface area (Å²) in [5.41, 5.74) is 13.6. The Morgan fingerprint density at radius 1 is 1.03 bits per heavy atom. The van der Waals surface area contributed by atoms with Crippen LogP contribution in [0.2, 0.25) is 0 Å². The maximum Gasteiger partial charge on any atom is 0.419 e. The summed E-state index contributed by atoms with van der Waals surface area (Å²) in [6.07, 6.45) is 4.87. The van der Waals surface area contributed by atoms with Gasteiger partial charge in [0.15, 0.2) is 0 Å². The van der Waals surface area contributed by atoms with E-state index < -0.39 is 17.6 Å². The van der Waals surface area contributed by atoms with E-state index in [1.54, 1.807) is 50.0 Å². The number of rotatable bonds is 8. The van der Waals surface area contributed by atoms with Gasteiger partial charge in [-0.1, -0.05) is 67.8 Å². The molecule has 7 heteroatoms. The molecule has 7 nitrogen and oxygen atoms in total. The lowest BCUT2D eigenvalue weighted by Gasteiger charge is -2.36. The Labute approximate surface area is 201 Å². The molecule has 1 aliphatic carbocycles. The van der Waals surface area contributed by atoms with Crippen LogP contribution in [-0.4, -0.2) is 39.0 Å². The van der Waals surface area contributed by atoms with Gasteiger partial charge < -0.3 is 10.3 Å². The van der Waals surface area contributed by atoms with Crippen molar-refractivity contribution in [2.75, 3.05) is 0 Å². The van der Waals surface area contributed by atoms with Crippen molar-refractivity contribution in [3.63, 3.8) is 0 Å². The Bertz CT molecular complexity index is 1010. The average Bonchev–Trinajstić information content (AvgIpc) is 2.82. The molecule has 1 fully saturated rings. The quantitative estimate of drug-likeness (QED) is 0.200. The maximum atomic E-state index is 13.2. The molecule has 1 N–H and O–H groups in total. The first-order valence-electron chi connectivity index (χ1n) is 11.9. The van der Waals surface area contributed by atoms with Crippen molar-refractivity contribution in [3.05, 3.63) is 77.3 Å². The van der Waals surface area contributed by atoms with E-state index in [9.17, 15) is 15.1 Å². The van der Waals surface area contributed by atoms with E-state index in [0.717, 1.165) is 37.7 Å². The second-order valence-corrected chi connectivity index (χ2v) is 9.75. The zero-order chi connectivity index (χ0) is 24.6. The van der Waals surface area contributed by atoms with Gasteiger partial charge in [0, 0.05) is 12.1 Å². The lowest BCUT2D eigenvalue weighted by atomic mass is 9.81. The number of carbonyl (C=O) groups is 2. The van der Waals surface area contributed by atoms with Crippen molar-refractivity contribution in [1.82, 2.24) is 10.4 Å². The second-order valence-electron chi connectivity index (χ2n) is 9.75. The number of hydrogen-bond acceptors (Lipinski definition) is 4. The van der Waals surface area contributed by atoms with Gasteiger partial charge in [0.25, 0.3) is 5.91 Å². The van der Waals surface area contributed by atoms with E-state index in [-0.39, 0.29) is 17.5 Å². The zero-order valence-corrected chi connectivity index (χ0v) is 20.2. The summed E-state index contributed by atoms with van der Waals surface area (Å²) in [5, 5.41) is 1.74. The fourth-order valence-electron chi connectivity index (χ4n) is 4.40. The molecule has 0 radical (unpaired) electrons. The highest BCUT2D eigenvalue weighted by Gasteiger charge is 2.44. The predicted octanol–water partition coefficient (Wildman–Crippen LogP) is 4.80. The molecule has 2 aromatic carbocycles. The third-order valence-electron chi connectivity index (χ3n) is 5.90. The predicted molar refractivity (Wildman–Crippen MR) is 131 cm³/mol. The third-order valence-corrected chi connectivity index (χ3v) is 5.90. The van der Waals surface area contributed by atoms with Crippen LogP contribution in [0.1, 0.15) is 68.8 Å². The van der Waals surface area contributed by atoms with E-state index in [4.69, 9.17) is 4.74 Å².